The summed E-state index contributed by atoms with van der Waals surface area (Å²) < 4.78 is 1.91. The first-order chi connectivity index (χ1) is 20.8. The van der Waals surface area contributed by atoms with Crippen molar-refractivity contribution in [3.8, 4) is 6.07 Å². The number of rotatable bonds is 8. The van der Waals surface area contributed by atoms with Gasteiger partial charge in [-0.1, -0.05) is 11.6 Å². The second-order valence-corrected chi connectivity index (χ2v) is 11.6. The second kappa shape index (κ2) is 10.4. The maximum Gasteiger partial charge on any atom is 0.331 e. The molecule has 12 nitrogen and oxygen atoms in total. The lowest BCUT2D eigenvalue weighted by Crippen LogP contribution is -2.30. The Hall–Kier alpha value is -5.02. The van der Waals surface area contributed by atoms with Crippen LogP contribution >= 0.6 is 11.6 Å². The number of carbonyl (C=O) groups is 3. The summed E-state index contributed by atoms with van der Waals surface area (Å²) in [5.74, 6) is 0.513. The summed E-state index contributed by atoms with van der Waals surface area (Å²) in [6.07, 6.45) is 8.11. The predicted molar refractivity (Wildman–Crippen MR) is 158 cm³/mol. The van der Waals surface area contributed by atoms with Crippen LogP contribution in [-0.2, 0) is 16.1 Å². The molecule has 216 valence electrons. The van der Waals surface area contributed by atoms with Gasteiger partial charge < -0.3 is 15.0 Å². The van der Waals surface area contributed by atoms with Crippen LogP contribution in [0.25, 0.3) is 5.65 Å². The van der Waals surface area contributed by atoms with Crippen molar-refractivity contribution in [1.29, 1.82) is 5.26 Å². The molecule has 3 aromatic heterocycles. The monoisotopic (exact) mass is 595 g/mol. The summed E-state index contributed by atoms with van der Waals surface area (Å²) in [7, 11) is 1.48. The lowest BCUT2D eigenvalue weighted by atomic mass is 10.0. The van der Waals surface area contributed by atoms with Crippen LogP contribution in [0, 0.1) is 17.2 Å². The molecule has 4 amide bonds. The molecule has 3 aliphatic rings. The minimum absolute atomic E-state index is 0.0187. The minimum atomic E-state index is -0.367. The highest BCUT2D eigenvalue weighted by atomic mass is 35.5. The average Bonchev–Trinajstić information content (AvgIpc) is 3.93. The molecular formula is C30H26ClN9O3. The molecule has 7 rings (SSSR count). The first-order valence-electron chi connectivity index (χ1n) is 13.9. The summed E-state index contributed by atoms with van der Waals surface area (Å²) in [6, 6.07) is 10.5. The SMILES string of the molecule is CN1C(=O)CN(c2cc(C3CC3)cn3cc(CNc4cc(NC(=O)[C@H]5C[C@@H]5c5cc(Cl)ccc5C#N)ncn4)nc23)C1=O. The number of urea groups is 1. The van der Waals surface area contributed by atoms with Gasteiger partial charge in [-0.15, -0.1) is 0 Å². The Morgan fingerprint density at radius 2 is 1.95 bits per heavy atom. The smallest absolute Gasteiger partial charge is 0.331 e. The van der Waals surface area contributed by atoms with Gasteiger partial charge in [-0.2, -0.15) is 5.26 Å². The maximum absolute atomic E-state index is 12.9. The summed E-state index contributed by atoms with van der Waals surface area (Å²) in [5.41, 5.74) is 4.33. The van der Waals surface area contributed by atoms with Crippen molar-refractivity contribution in [2.75, 3.05) is 29.1 Å². The largest absolute Gasteiger partial charge is 0.364 e. The molecule has 4 aromatic rings. The van der Waals surface area contributed by atoms with Crippen LogP contribution in [0.1, 0.15) is 53.5 Å². The number of likely N-dealkylation sites (N-methyl/N-ethyl adjacent to an activating group) is 1. The van der Waals surface area contributed by atoms with Crippen LogP contribution < -0.4 is 15.5 Å². The van der Waals surface area contributed by atoms with E-state index in [0.717, 1.165) is 28.9 Å². The van der Waals surface area contributed by atoms with Gasteiger partial charge in [0, 0.05) is 36.4 Å². The molecule has 3 fully saturated rings. The summed E-state index contributed by atoms with van der Waals surface area (Å²) in [4.78, 5) is 53.8. The Labute approximate surface area is 251 Å². The third-order valence-electron chi connectivity index (χ3n) is 8.16. The number of hydrogen-bond donors (Lipinski definition) is 2. The fraction of sp³-hybridized carbons (Fsp3) is 0.300. The zero-order chi connectivity index (χ0) is 29.8. The van der Waals surface area contributed by atoms with Crippen molar-refractivity contribution in [1.82, 2.24) is 24.3 Å². The van der Waals surface area contributed by atoms with Crippen molar-refractivity contribution >= 4 is 52.4 Å². The minimum Gasteiger partial charge on any atom is -0.364 e. The molecule has 1 aliphatic heterocycles. The van der Waals surface area contributed by atoms with Gasteiger partial charge in [0.25, 0.3) is 0 Å². The molecule has 2 N–H and O–H groups in total. The Kier molecular flexibility index (Phi) is 6.47. The van der Waals surface area contributed by atoms with Gasteiger partial charge in [-0.3, -0.25) is 19.4 Å². The number of benzene rings is 1. The van der Waals surface area contributed by atoms with Gasteiger partial charge in [0.1, 0.15) is 24.5 Å². The van der Waals surface area contributed by atoms with E-state index < -0.39 is 0 Å². The molecular weight excluding hydrogens is 570 g/mol. The highest BCUT2D eigenvalue weighted by Crippen LogP contribution is 2.49. The molecule has 13 heteroatoms. The highest BCUT2D eigenvalue weighted by Gasteiger charge is 2.45. The Balaban J connectivity index is 1.05. The second-order valence-electron chi connectivity index (χ2n) is 11.1. The van der Waals surface area contributed by atoms with Crippen LogP contribution in [0.2, 0.25) is 5.02 Å². The van der Waals surface area contributed by atoms with Crippen molar-refractivity contribution in [2.24, 2.45) is 5.92 Å². The maximum atomic E-state index is 12.9. The molecule has 4 heterocycles. The van der Waals surface area contributed by atoms with Crippen LogP contribution in [-0.4, -0.2) is 55.7 Å². The van der Waals surface area contributed by atoms with E-state index in [1.807, 2.05) is 22.9 Å². The first kappa shape index (κ1) is 26.9. The van der Waals surface area contributed by atoms with Gasteiger partial charge in [-0.05, 0) is 66.5 Å². The number of aromatic nitrogens is 4. The molecule has 0 radical (unpaired) electrons. The van der Waals surface area contributed by atoms with Gasteiger partial charge in [0.05, 0.1) is 29.6 Å². The van der Waals surface area contributed by atoms with Crippen LogP contribution in [0.5, 0.6) is 0 Å². The van der Waals surface area contributed by atoms with Crippen molar-refractivity contribution in [3.05, 3.63) is 76.5 Å². The number of hydrogen-bond acceptors (Lipinski definition) is 8. The Morgan fingerprint density at radius 1 is 1.14 bits per heavy atom. The predicted octanol–water partition coefficient (Wildman–Crippen LogP) is 4.28. The zero-order valence-corrected chi connectivity index (χ0v) is 23.9. The van der Waals surface area contributed by atoms with Crippen LogP contribution in [0.3, 0.4) is 0 Å². The highest BCUT2D eigenvalue weighted by molar-refractivity contribution is 6.30. The van der Waals surface area contributed by atoms with Gasteiger partial charge in [0.2, 0.25) is 11.8 Å². The van der Waals surface area contributed by atoms with E-state index in [4.69, 9.17) is 16.6 Å². The number of halogens is 1. The molecule has 0 spiro atoms. The molecule has 0 unspecified atom stereocenters. The number of imidazole rings is 1. The van der Waals surface area contributed by atoms with E-state index in [2.05, 4.69) is 26.7 Å². The van der Waals surface area contributed by atoms with Gasteiger partial charge in [0.15, 0.2) is 5.65 Å². The fourth-order valence-electron chi connectivity index (χ4n) is 5.55. The van der Waals surface area contributed by atoms with Crippen molar-refractivity contribution < 1.29 is 14.4 Å². The van der Waals surface area contributed by atoms with Crippen LogP contribution in [0.15, 0.2) is 49.1 Å². The number of amides is 4. The van der Waals surface area contributed by atoms with E-state index in [9.17, 15) is 19.6 Å². The molecule has 1 saturated heterocycles. The van der Waals surface area contributed by atoms with E-state index in [1.165, 1.54) is 18.3 Å². The Morgan fingerprint density at radius 3 is 2.70 bits per heavy atom. The van der Waals surface area contributed by atoms with E-state index >= 15 is 0 Å². The van der Waals surface area contributed by atoms with Gasteiger partial charge >= 0.3 is 6.03 Å². The molecule has 43 heavy (non-hydrogen) atoms. The molecule has 0 bridgehead atoms. The third-order valence-corrected chi connectivity index (χ3v) is 8.39. The van der Waals surface area contributed by atoms with Crippen LogP contribution in [0.4, 0.5) is 22.1 Å². The molecule has 2 atom stereocenters. The quantitative estimate of drug-likeness (QED) is 0.287. The third kappa shape index (κ3) is 5.12. The number of nitriles is 1. The van der Waals surface area contributed by atoms with Crippen molar-refractivity contribution in [3.63, 3.8) is 0 Å². The summed E-state index contributed by atoms with van der Waals surface area (Å²) in [5, 5.41) is 16.0. The zero-order valence-electron chi connectivity index (χ0n) is 23.1. The molecule has 2 saturated carbocycles. The number of nitrogens with one attached hydrogen (secondary N) is 2. The number of nitrogens with zero attached hydrogens (tertiary/aromatic N) is 7. The first-order valence-corrected chi connectivity index (χ1v) is 14.3. The standard InChI is InChI=1S/C30H26ClN9O3/c1-38-27(41)14-40(30(38)43)24-6-18(16-2-3-16)12-39-13-20(36-28(24)39)11-33-25-9-26(35-15-34-25)37-29(42)23-8-22(23)21-7-19(31)5-4-17(21)10-32/h4-7,9,12-13,15-16,22-23H,2-3,8,11,14H2,1H3,(H2,33,34,35,37,42)/t22-,23+/m1/s1. The number of pyridine rings is 1. The van der Waals surface area contributed by atoms with E-state index in [-0.39, 0.29) is 36.2 Å². The topological polar surface area (TPSA) is 149 Å². The number of carbonyl (C=O) groups excluding carboxylic acids is 3. The van der Waals surface area contributed by atoms with Gasteiger partial charge in [-0.25, -0.2) is 19.7 Å². The lowest BCUT2D eigenvalue weighted by Gasteiger charge is -2.17. The fourth-order valence-corrected chi connectivity index (χ4v) is 5.73. The average molecular weight is 596 g/mol. The molecule has 1 aromatic carbocycles. The van der Waals surface area contributed by atoms with Crippen molar-refractivity contribution in [2.45, 2.75) is 37.6 Å². The number of fused-ring (bicyclic) bond motifs is 1. The number of anilines is 3. The Bertz CT molecular complexity index is 1860. The summed E-state index contributed by atoms with van der Waals surface area (Å²) in [6.45, 7) is 0.308. The number of imide groups is 1. The lowest BCUT2D eigenvalue weighted by molar-refractivity contribution is -0.124. The summed E-state index contributed by atoms with van der Waals surface area (Å²) >= 11 is 6.12. The molecule has 2 aliphatic carbocycles. The van der Waals surface area contributed by atoms with E-state index in [1.54, 1.807) is 24.3 Å². The normalized spacial score (nSPS) is 19.6. The van der Waals surface area contributed by atoms with E-state index in [0.29, 0.717) is 58.1 Å².